The molecule has 2 aromatic rings. The number of anilines is 2. The quantitative estimate of drug-likeness (QED) is 0.404. The number of carbonyl (C=O) groups is 2. The number of unbranched alkanes of at least 4 members (excludes halogenated alkanes) is 1. The molecular weight excluding hydrogens is 363 g/mol. The van der Waals surface area contributed by atoms with Gasteiger partial charge in [-0.2, -0.15) is 0 Å². The summed E-state index contributed by atoms with van der Waals surface area (Å²) in [5.41, 5.74) is 6.28. The number of nitrogens with one attached hydrogen (secondary N) is 2. The SMILES string of the molecule is COC(=O)c1ccc(NCCCCC(N)=O)nc1NCCc1cccc(F)c1. The van der Waals surface area contributed by atoms with Crippen molar-refractivity contribution in [2.45, 2.75) is 25.7 Å². The van der Waals surface area contributed by atoms with Crippen LogP contribution in [-0.2, 0) is 16.0 Å². The second-order valence-corrected chi connectivity index (χ2v) is 6.24. The van der Waals surface area contributed by atoms with Crippen molar-refractivity contribution in [2.75, 3.05) is 30.8 Å². The molecule has 0 saturated heterocycles. The third kappa shape index (κ3) is 6.86. The van der Waals surface area contributed by atoms with E-state index in [1.807, 2.05) is 6.07 Å². The van der Waals surface area contributed by atoms with E-state index in [0.717, 1.165) is 12.0 Å². The first-order valence-corrected chi connectivity index (χ1v) is 9.09. The van der Waals surface area contributed by atoms with Gasteiger partial charge in [0.25, 0.3) is 0 Å². The zero-order chi connectivity index (χ0) is 20.4. The summed E-state index contributed by atoms with van der Waals surface area (Å²) in [7, 11) is 1.31. The number of aromatic nitrogens is 1. The number of carbonyl (C=O) groups excluding carboxylic acids is 2. The molecule has 0 aliphatic rings. The third-order valence-corrected chi connectivity index (χ3v) is 4.05. The number of nitrogens with two attached hydrogens (primary N) is 1. The summed E-state index contributed by atoms with van der Waals surface area (Å²) in [6.45, 7) is 1.10. The molecule has 1 heterocycles. The molecule has 0 fully saturated rings. The molecule has 4 N–H and O–H groups in total. The van der Waals surface area contributed by atoms with Gasteiger partial charge in [0, 0.05) is 19.5 Å². The van der Waals surface area contributed by atoms with Gasteiger partial charge in [0.15, 0.2) is 0 Å². The molecule has 0 saturated carbocycles. The van der Waals surface area contributed by atoms with Crippen LogP contribution in [-0.4, -0.2) is 37.1 Å². The zero-order valence-electron chi connectivity index (χ0n) is 15.8. The fourth-order valence-electron chi connectivity index (χ4n) is 2.63. The van der Waals surface area contributed by atoms with Crippen LogP contribution < -0.4 is 16.4 Å². The molecule has 2 rings (SSSR count). The second-order valence-electron chi connectivity index (χ2n) is 6.24. The maximum Gasteiger partial charge on any atom is 0.341 e. The van der Waals surface area contributed by atoms with E-state index in [0.29, 0.717) is 49.6 Å². The van der Waals surface area contributed by atoms with Crippen LogP contribution in [0.1, 0.15) is 35.2 Å². The van der Waals surface area contributed by atoms with Gasteiger partial charge >= 0.3 is 5.97 Å². The van der Waals surface area contributed by atoms with Crippen LogP contribution in [0.15, 0.2) is 36.4 Å². The number of ether oxygens (including phenoxy) is 1. The summed E-state index contributed by atoms with van der Waals surface area (Å²) < 4.78 is 18.1. The lowest BCUT2D eigenvalue weighted by molar-refractivity contribution is -0.118. The van der Waals surface area contributed by atoms with Crippen LogP contribution >= 0.6 is 0 Å². The van der Waals surface area contributed by atoms with E-state index in [1.165, 1.54) is 19.2 Å². The lowest BCUT2D eigenvalue weighted by Gasteiger charge is -2.13. The molecule has 0 aliphatic heterocycles. The molecule has 0 atom stereocenters. The average molecular weight is 388 g/mol. The first-order chi connectivity index (χ1) is 13.5. The van der Waals surface area contributed by atoms with Crippen LogP contribution in [0, 0.1) is 5.82 Å². The molecule has 1 aromatic heterocycles. The van der Waals surface area contributed by atoms with Gasteiger partial charge in [0.2, 0.25) is 5.91 Å². The largest absolute Gasteiger partial charge is 0.465 e. The normalized spacial score (nSPS) is 10.4. The molecule has 0 aliphatic carbocycles. The van der Waals surface area contributed by atoms with E-state index in [-0.39, 0.29) is 11.7 Å². The molecule has 28 heavy (non-hydrogen) atoms. The minimum atomic E-state index is -0.492. The first kappa shape index (κ1) is 21.1. The second kappa shape index (κ2) is 10.9. The van der Waals surface area contributed by atoms with Crippen molar-refractivity contribution in [2.24, 2.45) is 5.73 Å². The molecule has 8 heteroatoms. The summed E-state index contributed by atoms with van der Waals surface area (Å²) in [6, 6.07) is 9.69. The van der Waals surface area contributed by atoms with Crippen molar-refractivity contribution in [1.82, 2.24) is 4.98 Å². The van der Waals surface area contributed by atoms with Crippen LogP contribution in [0.5, 0.6) is 0 Å². The van der Waals surface area contributed by atoms with E-state index < -0.39 is 5.97 Å². The van der Waals surface area contributed by atoms with Crippen LogP contribution in [0.3, 0.4) is 0 Å². The van der Waals surface area contributed by atoms with Crippen molar-refractivity contribution in [3.8, 4) is 0 Å². The van der Waals surface area contributed by atoms with Crippen molar-refractivity contribution in [3.63, 3.8) is 0 Å². The zero-order valence-corrected chi connectivity index (χ0v) is 15.8. The Hall–Kier alpha value is -3.16. The van der Waals surface area contributed by atoms with Gasteiger partial charge in [-0.05, 0) is 49.1 Å². The van der Waals surface area contributed by atoms with Crippen molar-refractivity contribution < 1.29 is 18.7 Å². The van der Waals surface area contributed by atoms with E-state index in [9.17, 15) is 14.0 Å². The van der Waals surface area contributed by atoms with Crippen LogP contribution in [0.2, 0.25) is 0 Å². The summed E-state index contributed by atoms with van der Waals surface area (Å²) in [5.74, 6) is -0.0992. The molecular formula is C20H25FN4O3. The van der Waals surface area contributed by atoms with Gasteiger partial charge in [0.05, 0.1) is 7.11 Å². The van der Waals surface area contributed by atoms with Crippen molar-refractivity contribution in [1.29, 1.82) is 0 Å². The number of halogens is 1. The predicted octanol–water partition coefficient (Wildman–Crippen LogP) is 2.73. The number of hydrogen-bond acceptors (Lipinski definition) is 6. The molecule has 0 unspecified atom stereocenters. The number of benzene rings is 1. The molecule has 1 aromatic carbocycles. The van der Waals surface area contributed by atoms with Gasteiger partial charge in [-0.1, -0.05) is 12.1 Å². The van der Waals surface area contributed by atoms with Gasteiger partial charge in [-0.15, -0.1) is 0 Å². The fraction of sp³-hybridized carbons (Fsp3) is 0.350. The number of nitrogens with zero attached hydrogens (tertiary/aromatic N) is 1. The highest BCUT2D eigenvalue weighted by Crippen LogP contribution is 2.18. The third-order valence-electron chi connectivity index (χ3n) is 4.05. The minimum absolute atomic E-state index is 0.284. The Morgan fingerprint density at radius 2 is 1.96 bits per heavy atom. The number of rotatable bonds is 11. The topological polar surface area (TPSA) is 106 Å². The molecule has 0 spiro atoms. The van der Waals surface area contributed by atoms with Crippen LogP contribution in [0.4, 0.5) is 16.0 Å². The Morgan fingerprint density at radius 1 is 1.14 bits per heavy atom. The van der Waals surface area contributed by atoms with Gasteiger partial charge in [-0.25, -0.2) is 14.2 Å². The minimum Gasteiger partial charge on any atom is -0.465 e. The summed E-state index contributed by atoms with van der Waals surface area (Å²) in [5, 5.41) is 6.27. The molecule has 0 bridgehead atoms. The van der Waals surface area contributed by atoms with E-state index in [1.54, 1.807) is 18.2 Å². The van der Waals surface area contributed by atoms with Gasteiger partial charge in [0.1, 0.15) is 23.0 Å². The number of esters is 1. The maximum atomic E-state index is 13.3. The van der Waals surface area contributed by atoms with Crippen molar-refractivity contribution in [3.05, 3.63) is 53.3 Å². The molecule has 7 nitrogen and oxygen atoms in total. The Morgan fingerprint density at radius 3 is 2.68 bits per heavy atom. The fourth-order valence-corrected chi connectivity index (χ4v) is 2.63. The number of pyridine rings is 1. The predicted molar refractivity (Wildman–Crippen MR) is 106 cm³/mol. The smallest absolute Gasteiger partial charge is 0.341 e. The van der Waals surface area contributed by atoms with Gasteiger partial charge < -0.3 is 21.1 Å². The summed E-state index contributed by atoms with van der Waals surface area (Å²) >= 11 is 0. The highest BCUT2D eigenvalue weighted by molar-refractivity contribution is 5.94. The highest BCUT2D eigenvalue weighted by atomic mass is 19.1. The Kier molecular flexibility index (Phi) is 8.20. The Balaban J connectivity index is 1.98. The van der Waals surface area contributed by atoms with E-state index in [2.05, 4.69) is 15.6 Å². The van der Waals surface area contributed by atoms with Crippen molar-refractivity contribution >= 4 is 23.5 Å². The average Bonchev–Trinajstić information content (AvgIpc) is 2.67. The number of amides is 1. The summed E-state index contributed by atoms with van der Waals surface area (Å²) in [4.78, 5) is 27.1. The van der Waals surface area contributed by atoms with E-state index in [4.69, 9.17) is 10.5 Å². The number of primary amides is 1. The molecule has 150 valence electrons. The first-order valence-electron chi connectivity index (χ1n) is 9.09. The molecule has 0 radical (unpaired) electrons. The van der Waals surface area contributed by atoms with Crippen LogP contribution in [0.25, 0.3) is 0 Å². The van der Waals surface area contributed by atoms with E-state index >= 15 is 0 Å². The highest BCUT2D eigenvalue weighted by Gasteiger charge is 2.14. The standard InChI is InChI=1S/C20H25FN4O3/c1-28-20(27)16-8-9-18(23-11-3-2-7-17(22)26)25-19(16)24-12-10-14-5-4-6-15(21)13-14/h4-6,8-9,13H,2-3,7,10-12H2,1H3,(H2,22,26)(H2,23,24,25). The number of hydrogen-bond donors (Lipinski definition) is 3. The molecule has 1 amide bonds. The number of methoxy groups -OCH3 is 1. The maximum absolute atomic E-state index is 13.3. The lowest BCUT2D eigenvalue weighted by Crippen LogP contribution is -2.14. The Bertz CT molecular complexity index is 814. The Labute approximate surface area is 163 Å². The monoisotopic (exact) mass is 388 g/mol. The van der Waals surface area contributed by atoms with Gasteiger partial charge in [-0.3, -0.25) is 4.79 Å². The summed E-state index contributed by atoms with van der Waals surface area (Å²) in [6.07, 6.45) is 2.39. The lowest BCUT2D eigenvalue weighted by atomic mass is 10.1.